The van der Waals surface area contributed by atoms with E-state index in [1.54, 1.807) is 0 Å². The number of rotatable bonds is 3. The third-order valence-corrected chi connectivity index (χ3v) is 3.21. The molecule has 1 aromatic rings. The maximum absolute atomic E-state index is 13.2. The van der Waals surface area contributed by atoms with Crippen molar-refractivity contribution in [2.24, 2.45) is 0 Å². The molecule has 0 saturated heterocycles. The fourth-order valence-electron chi connectivity index (χ4n) is 1.79. The maximum atomic E-state index is 13.2. The summed E-state index contributed by atoms with van der Waals surface area (Å²) in [6, 6.07) is 2.47. The van der Waals surface area contributed by atoms with Crippen molar-refractivity contribution in [3.8, 4) is 5.75 Å². The summed E-state index contributed by atoms with van der Waals surface area (Å²) in [5.41, 5.74) is -0.489. The van der Waals surface area contributed by atoms with Gasteiger partial charge in [-0.15, -0.1) is 0 Å². The lowest BCUT2D eigenvalue weighted by molar-refractivity contribution is -0.140. The largest absolute Gasteiger partial charge is 0.496 e. The molecule has 0 heterocycles. The van der Waals surface area contributed by atoms with Gasteiger partial charge in [0.05, 0.1) is 17.5 Å². The van der Waals surface area contributed by atoms with E-state index in [0.29, 0.717) is 18.4 Å². The minimum atomic E-state index is -0.942. The average Bonchev–Trinajstić information content (AvgIpc) is 3.02. The third-order valence-electron chi connectivity index (χ3n) is 2.92. The molecule has 1 fully saturated rings. The minimum Gasteiger partial charge on any atom is -0.496 e. The Morgan fingerprint density at radius 3 is 2.62 bits per heavy atom. The Hall–Kier alpha value is -1.29. The standard InChI is InChI=1S/C11H10ClFO3/c1-16-9-5-8(13)7(12)4-6(9)11(2-3-11)10(14)15/h4-5H,2-3H2,1H3,(H,14,15). The van der Waals surface area contributed by atoms with Gasteiger partial charge in [-0.3, -0.25) is 4.79 Å². The van der Waals surface area contributed by atoms with Crippen LogP contribution in [0.4, 0.5) is 4.39 Å². The van der Waals surface area contributed by atoms with Gasteiger partial charge in [0.25, 0.3) is 0 Å². The van der Waals surface area contributed by atoms with Crippen molar-refractivity contribution in [3.05, 3.63) is 28.5 Å². The molecule has 1 aliphatic rings. The van der Waals surface area contributed by atoms with Gasteiger partial charge in [0.2, 0.25) is 0 Å². The van der Waals surface area contributed by atoms with Gasteiger partial charge in [-0.05, 0) is 18.9 Å². The second-order valence-corrected chi connectivity index (χ2v) is 4.26. The Labute approximate surface area is 96.8 Å². The molecule has 0 radical (unpaired) electrons. The first kappa shape index (κ1) is 11.2. The van der Waals surface area contributed by atoms with Gasteiger partial charge in [0.1, 0.15) is 11.6 Å². The summed E-state index contributed by atoms with van der Waals surface area (Å²) in [5.74, 6) is -1.29. The van der Waals surface area contributed by atoms with E-state index in [0.717, 1.165) is 6.07 Å². The number of benzene rings is 1. The Bertz CT molecular complexity index is 455. The lowest BCUT2D eigenvalue weighted by atomic mass is 9.95. The molecule has 0 bridgehead atoms. The number of halogens is 2. The van der Waals surface area contributed by atoms with Gasteiger partial charge in [0, 0.05) is 11.6 Å². The predicted molar refractivity (Wildman–Crippen MR) is 56.5 cm³/mol. The highest BCUT2D eigenvalue weighted by Crippen LogP contribution is 2.52. The Morgan fingerprint density at radius 1 is 1.56 bits per heavy atom. The molecule has 5 heteroatoms. The van der Waals surface area contributed by atoms with E-state index in [1.165, 1.54) is 13.2 Å². The fraction of sp³-hybridized carbons (Fsp3) is 0.364. The van der Waals surface area contributed by atoms with Crippen molar-refractivity contribution in [1.29, 1.82) is 0 Å². The highest BCUT2D eigenvalue weighted by atomic mass is 35.5. The molecule has 1 saturated carbocycles. The van der Waals surface area contributed by atoms with Gasteiger partial charge in [0.15, 0.2) is 0 Å². The first-order chi connectivity index (χ1) is 7.51. The number of carbonyl (C=O) groups is 1. The molecule has 16 heavy (non-hydrogen) atoms. The van der Waals surface area contributed by atoms with Crippen LogP contribution < -0.4 is 4.74 Å². The molecule has 1 aromatic carbocycles. The zero-order valence-electron chi connectivity index (χ0n) is 8.59. The van der Waals surface area contributed by atoms with E-state index >= 15 is 0 Å². The lowest BCUT2D eigenvalue weighted by Gasteiger charge is -2.15. The van der Waals surface area contributed by atoms with Crippen molar-refractivity contribution in [3.63, 3.8) is 0 Å². The predicted octanol–water partition coefficient (Wildman–Crippen LogP) is 2.60. The molecule has 0 atom stereocenters. The highest BCUT2D eigenvalue weighted by Gasteiger charge is 2.53. The van der Waals surface area contributed by atoms with Gasteiger partial charge >= 0.3 is 5.97 Å². The maximum Gasteiger partial charge on any atom is 0.314 e. The van der Waals surface area contributed by atoms with Crippen LogP contribution in [0.15, 0.2) is 12.1 Å². The first-order valence-corrected chi connectivity index (χ1v) is 5.16. The van der Waals surface area contributed by atoms with Crippen LogP contribution in [0.1, 0.15) is 18.4 Å². The van der Waals surface area contributed by atoms with Crippen molar-refractivity contribution >= 4 is 17.6 Å². The normalized spacial score (nSPS) is 16.9. The number of carboxylic acids is 1. The van der Waals surface area contributed by atoms with Gasteiger partial charge in [-0.25, -0.2) is 4.39 Å². The Kier molecular flexibility index (Phi) is 2.54. The number of hydrogen-bond donors (Lipinski definition) is 1. The second kappa shape index (κ2) is 3.63. The molecular formula is C11H10ClFO3. The summed E-state index contributed by atoms with van der Waals surface area (Å²) in [7, 11) is 1.38. The molecular weight excluding hydrogens is 235 g/mol. The van der Waals surface area contributed by atoms with Crippen LogP contribution in [0, 0.1) is 5.82 Å². The second-order valence-electron chi connectivity index (χ2n) is 3.85. The molecule has 86 valence electrons. The third kappa shape index (κ3) is 1.53. The SMILES string of the molecule is COc1cc(F)c(Cl)cc1C1(C(=O)O)CC1. The molecule has 3 nitrogen and oxygen atoms in total. The number of methoxy groups -OCH3 is 1. The van der Waals surface area contributed by atoms with Crippen LogP contribution in [0.25, 0.3) is 0 Å². The topological polar surface area (TPSA) is 46.5 Å². The summed E-state index contributed by atoms with van der Waals surface area (Å²) < 4.78 is 18.2. The van der Waals surface area contributed by atoms with Crippen LogP contribution in [0.5, 0.6) is 5.75 Å². The smallest absolute Gasteiger partial charge is 0.314 e. The summed E-state index contributed by atoms with van der Waals surface area (Å²) in [6.45, 7) is 0. The zero-order valence-corrected chi connectivity index (χ0v) is 9.34. The van der Waals surface area contributed by atoms with Crippen LogP contribution in [-0.2, 0) is 10.2 Å². The summed E-state index contributed by atoms with van der Waals surface area (Å²) in [4.78, 5) is 11.2. The van der Waals surface area contributed by atoms with E-state index < -0.39 is 17.2 Å². The summed E-state index contributed by atoms with van der Waals surface area (Å²) in [5, 5.41) is 9.06. The first-order valence-electron chi connectivity index (χ1n) is 4.78. The monoisotopic (exact) mass is 244 g/mol. The van der Waals surface area contributed by atoms with E-state index in [2.05, 4.69) is 0 Å². The number of carboxylic acid groups (broad SMARTS) is 1. The number of hydrogen-bond acceptors (Lipinski definition) is 2. The van der Waals surface area contributed by atoms with Crippen LogP contribution in [0.2, 0.25) is 5.02 Å². The lowest BCUT2D eigenvalue weighted by Crippen LogP contribution is -2.20. The fourth-order valence-corrected chi connectivity index (χ4v) is 1.96. The summed E-state index contributed by atoms with van der Waals surface area (Å²) >= 11 is 5.66. The Morgan fingerprint density at radius 2 is 2.19 bits per heavy atom. The molecule has 0 amide bonds. The van der Waals surface area contributed by atoms with Gasteiger partial charge in [-0.1, -0.05) is 11.6 Å². The number of aliphatic carboxylic acids is 1. The quantitative estimate of drug-likeness (QED) is 0.889. The highest BCUT2D eigenvalue weighted by molar-refractivity contribution is 6.30. The van der Waals surface area contributed by atoms with Crippen molar-refractivity contribution in [2.45, 2.75) is 18.3 Å². The Balaban J connectivity index is 2.56. The minimum absolute atomic E-state index is 0.0803. The van der Waals surface area contributed by atoms with Crippen LogP contribution in [0.3, 0.4) is 0 Å². The molecule has 1 aliphatic carbocycles. The average molecular weight is 245 g/mol. The molecule has 0 aromatic heterocycles. The van der Waals surface area contributed by atoms with Gasteiger partial charge in [-0.2, -0.15) is 0 Å². The van der Waals surface area contributed by atoms with Gasteiger partial charge < -0.3 is 9.84 Å². The van der Waals surface area contributed by atoms with Crippen molar-refractivity contribution in [2.75, 3.05) is 7.11 Å². The molecule has 1 N–H and O–H groups in total. The molecule has 2 rings (SSSR count). The van der Waals surface area contributed by atoms with E-state index in [9.17, 15) is 9.18 Å². The van der Waals surface area contributed by atoms with Crippen molar-refractivity contribution in [1.82, 2.24) is 0 Å². The molecule has 0 unspecified atom stereocenters. The summed E-state index contributed by atoms with van der Waals surface area (Å²) in [6.07, 6.45) is 1.06. The van der Waals surface area contributed by atoms with Crippen molar-refractivity contribution < 1.29 is 19.0 Å². The number of ether oxygens (including phenoxy) is 1. The molecule has 0 aliphatic heterocycles. The van der Waals surface area contributed by atoms with E-state index in [4.69, 9.17) is 21.4 Å². The van der Waals surface area contributed by atoms with E-state index in [-0.39, 0.29) is 10.8 Å². The molecule has 0 spiro atoms. The van der Waals surface area contributed by atoms with E-state index in [1.807, 2.05) is 0 Å². The zero-order chi connectivity index (χ0) is 11.9. The van der Waals surface area contributed by atoms with Crippen LogP contribution in [-0.4, -0.2) is 18.2 Å². The van der Waals surface area contributed by atoms with Crippen LogP contribution >= 0.6 is 11.6 Å².